The second kappa shape index (κ2) is 4.05. The third-order valence-corrected chi connectivity index (χ3v) is 3.15. The molecule has 0 aliphatic heterocycles. The maximum atomic E-state index is 10.9. The van der Waals surface area contributed by atoms with Gasteiger partial charge in [-0.1, -0.05) is 36.9 Å². The van der Waals surface area contributed by atoms with Gasteiger partial charge in [-0.2, -0.15) is 0 Å². The number of rotatable bonds is 4. The van der Waals surface area contributed by atoms with Gasteiger partial charge < -0.3 is 10.2 Å². The number of hydrogen-bond acceptors (Lipinski definition) is 2. The molecule has 4 heteroatoms. The average Bonchev–Trinajstić information content (AvgIpc) is 3.04. The normalized spacial score (nSPS) is 26.2. The summed E-state index contributed by atoms with van der Waals surface area (Å²) in [6.07, 6.45) is 1.68. The first-order valence-corrected chi connectivity index (χ1v) is 5.24. The summed E-state index contributed by atoms with van der Waals surface area (Å²) in [5, 5.41) is 17.9. The van der Waals surface area contributed by atoms with E-state index in [1.54, 1.807) is 30.3 Å². The Morgan fingerprint density at radius 3 is 1.88 bits per heavy atom. The van der Waals surface area contributed by atoms with E-state index in [1.807, 2.05) is 0 Å². The second-order valence-corrected chi connectivity index (χ2v) is 4.12. The molecule has 2 unspecified atom stereocenters. The van der Waals surface area contributed by atoms with E-state index < -0.39 is 29.7 Å². The molecule has 2 atom stereocenters. The van der Waals surface area contributed by atoms with E-state index in [4.69, 9.17) is 10.2 Å². The number of benzene rings is 1. The van der Waals surface area contributed by atoms with E-state index in [0.29, 0.717) is 0 Å². The van der Waals surface area contributed by atoms with Gasteiger partial charge in [-0.25, -0.2) is 0 Å². The maximum absolute atomic E-state index is 10.9. The Morgan fingerprint density at radius 2 is 1.53 bits per heavy atom. The molecule has 0 saturated heterocycles. The highest BCUT2D eigenvalue weighted by Crippen LogP contribution is 2.54. The molecular formula is C13H12O4. The van der Waals surface area contributed by atoms with Crippen molar-refractivity contribution in [3.05, 3.63) is 42.0 Å². The molecule has 1 aliphatic rings. The minimum atomic E-state index is -1.05. The van der Waals surface area contributed by atoms with Gasteiger partial charge >= 0.3 is 11.9 Å². The molecule has 17 heavy (non-hydrogen) atoms. The van der Waals surface area contributed by atoms with Crippen LogP contribution in [-0.4, -0.2) is 22.2 Å². The summed E-state index contributed by atoms with van der Waals surface area (Å²) in [4.78, 5) is 21.8. The molecule has 2 N–H and O–H groups in total. The lowest BCUT2D eigenvalue weighted by Gasteiger charge is -1.99. The fraction of sp³-hybridized carbons (Fsp3) is 0.231. The highest BCUT2D eigenvalue weighted by atomic mass is 16.4. The lowest BCUT2D eigenvalue weighted by atomic mass is 10.1. The fourth-order valence-corrected chi connectivity index (χ4v) is 2.19. The van der Waals surface area contributed by atoms with E-state index >= 15 is 0 Å². The molecule has 88 valence electrons. The Kier molecular flexibility index (Phi) is 2.71. The molecule has 0 bridgehead atoms. The van der Waals surface area contributed by atoms with Crippen molar-refractivity contribution in [3.8, 4) is 0 Å². The molecule has 1 aromatic carbocycles. The van der Waals surface area contributed by atoms with Crippen LogP contribution in [0.2, 0.25) is 0 Å². The molecule has 1 aromatic rings. The zero-order valence-corrected chi connectivity index (χ0v) is 9.04. The van der Waals surface area contributed by atoms with Crippen LogP contribution in [0.1, 0.15) is 17.0 Å². The summed E-state index contributed by atoms with van der Waals surface area (Å²) in [6.45, 7) is 3.62. The van der Waals surface area contributed by atoms with E-state index in [1.165, 1.54) is 0 Å². The van der Waals surface area contributed by atoms with Crippen molar-refractivity contribution in [1.82, 2.24) is 0 Å². The molecular weight excluding hydrogens is 220 g/mol. The first-order valence-electron chi connectivity index (χ1n) is 5.24. The molecule has 1 saturated carbocycles. The summed E-state index contributed by atoms with van der Waals surface area (Å²) in [5.41, 5.74) is 1.68. The zero-order valence-electron chi connectivity index (χ0n) is 9.04. The van der Waals surface area contributed by atoms with Gasteiger partial charge in [-0.15, -0.1) is 0 Å². The molecule has 2 rings (SSSR count). The lowest BCUT2D eigenvalue weighted by molar-refractivity contribution is -0.144. The molecule has 1 aliphatic carbocycles. The van der Waals surface area contributed by atoms with Crippen molar-refractivity contribution in [1.29, 1.82) is 0 Å². The standard InChI is InChI=1S/C13H12O4/c1-2-7-3-5-8(6-4-7)9-10(12(14)15)11(9)13(16)17/h2-6,9-11H,1H2,(H,14,15)(H,16,17). The van der Waals surface area contributed by atoms with Gasteiger partial charge in [0.2, 0.25) is 0 Å². The largest absolute Gasteiger partial charge is 0.481 e. The smallest absolute Gasteiger partial charge is 0.308 e. The summed E-state index contributed by atoms with van der Waals surface area (Å²) in [5.74, 6) is -4.11. The first-order chi connectivity index (χ1) is 8.06. The van der Waals surface area contributed by atoms with Crippen LogP contribution in [0.5, 0.6) is 0 Å². The Morgan fingerprint density at radius 1 is 1.06 bits per heavy atom. The zero-order chi connectivity index (χ0) is 12.6. The Hall–Kier alpha value is -2.10. The highest BCUT2D eigenvalue weighted by Gasteiger charge is 2.60. The summed E-state index contributed by atoms with van der Waals surface area (Å²) in [6, 6.07) is 7.14. The van der Waals surface area contributed by atoms with Crippen LogP contribution in [-0.2, 0) is 9.59 Å². The number of carboxylic acid groups (broad SMARTS) is 2. The molecule has 4 nitrogen and oxygen atoms in total. The van der Waals surface area contributed by atoms with E-state index in [2.05, 4.69) is 6.58 Å². The van der Waals surface area contributed by atoms with Crippen LogP contribution in [0, 0.1) is 11.8 Å². The third kappa shape index (κ3) is 1.93. The predicted octanol–water partition coefficient (Wildman–Crippen LogP) is 1.83. The molecule has 0 radical (unpaired) electrons. The highest BCUT2D eigenvalue weighted by molar-refractivity contribution is 5.88. The lowest BCUT2D eigenvalue weighted by Crippen LogP contribution is -2.05. The van der Waals surface area contributed by atoms with Gasteiger partial charge in [-0.05, 0) is 11.1 Å². The quantitative estimate of drug-likeness (QED) is 0.830. The van der Waals surface area contributed by atoms with Gasteiger partial charge in [0.15, 0.2) is 0 Å². The Bertz CT molecular complexity index is 455. The minimum absolute atomic E-state index is 0.413. The van der Waals surface area contributed by atoms with Crippen molar-refractivity contribution < 1.29 is 19.8 Å². The van der Waals surface area contributed by atoms with Crippen LogP contribution < -0.4 is 0 Å². The predicted molar refractivity (Wildman–Crippen MR) is 61.5 cm³/mol. The number of hydrogen-bond donors (Lipinski definition) is 2. The van der Waals surface area contributed by atoms with Gasteiger partial charge in [-0.3, -0.25) is 9.59 Å². The molecule has 1 fully saturated rings. The van der Waals surface area contributed by atoms with Crippen LogP contribution in [0.4, 0.5) is 0 Å². The number of carboxylic acids is 2. The number of aliphatic carboxylic acids is 2. The van der Waals surface area contributed by atoms with Gasteiger partial charge in [0.1, 0.15) is 0 Å². The Balaban J connectivity index is 2.25. The fourth-order valence-electron chi connectivity index (χ4n) is 2.19. The molecule has 0 heterocycles. The molecule has 0 amide bonds. The van der Waals surface area contributed by atoms with Gasteiger partial charge in [0.25, 0.3) is 0 Å². The van der Waals surface area contributed by atoms with Crippen molar-refractivity contribution in [2.75, 3.05) is 0 Å². The molecule has 0 spiro atoms. The molecule has 0 aromatic heterocycles. The summed E-state index contributed by atoms with van der Waals surface area (Å²) >= 11 is 0. The van der Waals surface area contributed by atoms with Crippen molar-refractivity contribution in [2.24, 2.45) is 11.8 Å². The van der Waals surface area contributed by atoms with E-state index in [9.17, 15) is 9.59 Å². The average molecular weight is 232 g/mol. The van der Waals surface area contributed by atoms with E-state index in [-0.39, 0.29) is 0 Å². The second-order valence-electron chi connectivity index (χ2n) is 4.12. The first kappa shape index (κ1) is 11.4. The maximum Gasteiger partial charge on any atom is 0.308 e. The monoisotopic (exact) mass is 232 g/mol. The van der Waals surface area contributed by atoms with Gasteiger partial charge in [0.05, 0.1) is 11.8 Å². The summed E-state index contributed by atoms with van der Waals surface area (Å²) in [7, 11) is 0. The SMILES string of the molecule is C=Cc1ccc(C2C(C(=O)O)C2C(=O)O)cc1. The van der Waals surface area contributed by atoms with Crippen LogP contribution >= 0.6 is 0 Å². The number of carbonyl (C=O) groups is 2. The van der Waals surface area contributed by atoms with Crippen molar-refractivity contribution >= 4 is 18.0 Å². The Labute approximate surface area is 98.2 Å². The van der Waals surface area contributed by atoms with Crippen LogP contribution in [0.25, 0.3) is 6.08 Å². The van der Waals surface area contributed by atoms with Crippen molar-refractivity contribution in [2.45, 2.75) is 5.92 Å². The van der Waals surface area contributed by atoms with Gasteiger partial charge in [0, 0.05) is 5.92 Å². The topological polar surface area (TPSA) is 74.6 Å². The third-order valence-electron chi connectivity index (χ3n) is 3.15. The van der Waals surface area contributed by atoms with Crippen molar-refractivity contribution in [3.63, 3.8) is 0 Å². The van der Waals surface area contributed by atoms with E-state index in [0.717, 1.165) is 11.1 Å². The van der Waals surface area contributed by atoms with Crippen LogP contribution in [0.3, 0.4) is 0 Å². The van der Waals surface area contributed by atoms with Crippen LogP contribution in [0.15, 0.2) is 30.8 Å². The summed E-state index contributed by atoms with van der Waals surface area (Å²) < 4.78 is 0. The minimum Gasteiger partial charge on any atom is -0.481 e.